The summed E-state index contributed by atoms with van der Waals surface area (Å²) in [4.78, 5) is 7.11. The number of hydrogen-bond donors (Lipinski definition) is 3. The van der Waals surface area contributed by atoms with Crippen LogP contribution in [-0.2, 0) is 6.61 Å². The number of nitrogens with one attached hydrogen (secondary N) is 1. The summed E-state index contributed by atoms with van der Waals surface area (Å²) >= 11 is 5.28. The monoisotopic (exact) mass is 340 g/mol. The zero-order chi connectivity index (χ0) is 17.1. The summed E-state index contributed by atoms with van der Waals surface area (Å²) < 4.78 is 1.94. The van der Waals surface area contributed by atoms with Crippen LogP contribution in [-0.4, -0.2) is 31.1 Å². The maximum atomic E-state index is 10.1. The molecule has 6 nitrogen and oxygen atoms in total. The molecule has 0 aliphatic carbocycles. The minimum atomic E-state index is -0.240. The molecule has 7 heteroatoms. The predicted octanol–water partition coefficient (Wildman–Crippen LogP) is 3.00. The Hall–Kier alpha value is -2.77. The van der Waals surface area contributed by atoms with Gasteiger partial charge >= 0.3 is 0 Å². The van der Waals surface area contributed by atoms with E-state index in [-0.39, 0.29) is 12.4 Å². The number of aromatic hydroxyl groups is 1. The Labute approximate surface area is 143 Å². The smallest absolute Gasteiger partial charge is 0.198 e. The van der Waals surface area contributed by atoms with Crippen molar-refractivity contribution in [1.82, 2.24) is 14.6 Å². The van der Waals surface area contributed by atoms with E-state index in [1.807, 2.05) is 30.3 Å². The van der Waals surface area contributed by atoms with Crippen molar-refractivity contribution < 1.29 is 10.2 Å². The third-order valence-electron chi connectivity index (χ3n) is 3.63. The number of aromatic nitrogens is 3. The highest BCUT2D eigenvalue weighted by atomic mass is 32.1. The van der Waals surface area contributed by atoms with Crippen molar-refractivity contribution >= 4 is 18.4 Å². The van der Waals surface area contributed by atoms with Crippen molar-refractivity contribution in [3.8, 4) is 17.0 Å². The van der Waals surface area contributed by atoms with Crippen LogP contribution in [0.1, 0.15) is 16.8 Å². The van der Waals surface area contributed by atoms with Crippen LogP contribution in [0.3, 0.4) is 0 Å². The fraction of sp³-hybridized carbons (Fsp3) is 0.118. The van der Waals surface area contributed by atoms with Crippen molar-refractivity contribution in [2.75, 3.05) is 0 Å². The normalized spacial score (nSPS) is 11.2. The number of imidazole rings is 1. The molecule has 3 N–H and O–H groups in total. The number of pyridine rings is 1. The molecule has 1 aromatic carbocycles. The van der Waals surface area contributed by atoms with E-state index >= 15 is 0 Å². The van der Waals surface area contributed by atoms with Gasteiger partial charge in [0.05, 0.1) is 30.4 Å². The number of aryl methyl sites for hydroxylation is 1. The van der Waals surface area contributed by atoms with E-state index in [2.05, 4.69) is 15.1 Å². The van der Waals surface area contributed by atoms with E-state index in [0.717, 1.165) is 11.3 Å². The summed E-state index contributed by atoms with van der Waals surface area (Å²) in [5.74, 6) is -0.00404. The summed E-state index contributed by atoms with van der Waals surface area (Å²) in [5, 5.41) is 23.8. The first-order valence-electron chi connectivity index (χ1n) is 7.30. The standard InChI is InChI=1S/C17H16N4O2S/c1-11-16(23)14(13(10-22)7-18-11)8-19-21-9-15(20-17(21)24)12-5-3-2-4-6-12/h2-9,22-23H,10H2,1H3,(H,20,24)/b19-8+. The highest BCUT2D eigenvalue weighted by Gasteiger charge is 2.09. The lowest BCUT2D eigenvalue weighted by Gasteiger charge is -2.06. The topological polar surface area (TPSA) is 86.4 Å². The number of aliphatic hydroxyl groups is 1. The highest BCUT2D eigenvalue weighted by Crippen LogP contribution is 2.22. The first-order valence-corrected chi connectivity index (χ1v) is 7.70. The molecule has 0 aliphatic rings. The lowest BCUT2D eigenvalue weighted by atomic mass is 10.1. The molecule has 2 aromatic heterocycles. The van der Waals surface area contributed by atoms with Gasteiger partial charge in [-0.3, -0.25) is 4.98 Å². The summed E-state index contributed by atoms with van der Waals surface area (Å²) in [6.07, 6.45) is 4.76. The van der Waals surface area contributed by atoms with E-state index in [9.17, 15) is 10.2 Å². The second kappa shape index (κ2) is 6.77. The zero-order valence-corrected chi connectivity index (χ0v) is 13.8. The minimum absolute atomic E-state index is 0.00404. The average Bonchev–Trinajstić information content (AvgIpc) is 2.98. The molecule has 0 amide bonds. The van der Waals surface area contributed by atoms with Crippen LogP contribution in [0, 0.1) is 11.7 Å². The zero-order valence-electron chi connectivity index (χ0n) is 13.0. The van der Waals surface area contributed by atoms with E-state index in [0.29, 0.717) is 21.6 Å². The largest absolute Gasteiger partial charge is 0.505 e. The molecule has 3 aromatic rings. The van der Waals surface area contributed by atoms with Crippen LogP contribution in [0.2, 0.25) is 0 Å². The van der Waals surface area contributed by atoms with Crippen molar-refractivity contribution in [2.45, 2.75) is 13.5 Å². The first kappa shape index (κ1) is 16.1. The van der Waals surface area contributed by atoms with Crippen molar-refractivity contribution in [3.05, 3.63) is 64.3 Å². The number of aromatic amines is 1. The fourth-order valence-corrected chi connectivity index (χ4v) is 2.49. The molecule has 0 bridgehead atoms. The Morgan fingerprint density at radius 1 is 1.33 bits per heavy atom. The molecule has 0 aliphatic heterocycles. The summed E-state index contributed by atoms with van der Waals surface area (Å²) in [7, 11) is 0. The number of aliphatic hydroxyl groups excluding tert-OH is 1. The lowest BCUT2D eigenvalue weighted by molar-refractivity contribution is 0.280. The van der Waals surface area contributed by atoms with Gasteiger partial charge in [-0.1, -0.05) is 30.3 Å². The third-order valence-corrected chi connectivity index (χ3v) is 3.91. The lowest BCUT2D eigenvalue weighted by Crippen LogP contribution is -1.99. The van der Waals surface area contributed by atoms with E-state index < -0.39 is 0 Å². The van der Waals surface area contributed by atoms with Gasteiger partial charge in [0, 0.05) is 17.3 Å². The highest BCUT2D eigenvalue weighted by molar-refractivity contribution is 7.71. The van der Waals surface area contributed by atoms with Gasteiger partial charge < -0.3 is 15.2 Å². The number of nitrogens with zero attached hydrogens (tertiary/aromatic N) is 3. The third kappa shape index (κ3) is 3.12. The average molecular weight is 340 g/mol. The van der Waals surface area contributed by atoms with Crippen molar-refractivity contribution in [1.29, 1.82) is 0 Å². The van der Waals surface area contributed by atoms with Gasteiger partial charge in [-0.05, 0) is 24.7 Å². The molecule has 0 saturated heterocycles. The van der Waals surface area contributed by atoms with Gasteiger partial charge in [0.25, 0.3) is 0 Å². The van der Waals surface area contributed by atoms with E-state index in [4.69, 9.17) is 12.2 Å². The Balaban J connectivity index is 1.98. The molecular weight excluding hydrogens is 324 g/mol. The maximum absolute atomic E-state index is 10.1. The van der Waals surface area contributed by atoms with Gasteiger partial charge in [-0.25, -0.2) is 4.68 Å². The molecule has 24 heavy (non-hydrogen) atoms. The second-order valence-electron chi connectivity index (χ2n) is 5.22. The SMILES string of the molecule is Cc1ncc(CO)c(/C=N/n2cc(-c3ccccc3)[nH]c2=S)c1O. The fourth-order valence-electron chi connectivity index (χ4n) is 2.28. The molecule has 0 spiro atoms. The van der Waals surface area contributed by atoms with E-state index in [1.165, 1.54) is 17.1 Å². The van der Waals surface area contributed by atoms with Crippen LogP contribution >= 0.6 is 12.2 Å². The molecule has 122 valence electrons. The summed E-state index contributed by atoms with van der Waals surface area (Å²) in [6, 6.07) is 9.77. The first-order chi connectivity index (χ1) is 11.6. The number of benzene rings is 1. The Kier molecular flexibility index (Phi) is 4.54. The molecular formula is C17H16N4O2S. The van der Waals surface area contributed by atoms with E-state index in [1.54, 1.807) is 13.1 Å². The molecule has 0 saturated carbocycles. The number of H-pyrrole nitrogens is 1. The summed E-state index contributed by atoms with van der Waals surface area (Å²) in [6.45, 7) is 1.44. The molecule has 0 radical (unpaired) electrons. The Bertz CT molecular complexity index is 945. The number of rotatable bonds is 4. The molecule has 0 fully saturated rings. The predicted molar refractivity (Wildman–Crippen MR) is 94.6 cm³/mol. The second-order valence-corrected chi connectivity index (χ2v) is 5.60. The van der Waals surface area contributed by atoms with Gasteiger partial charge in [0.2, 0.25) is 0 Å². The van der Waals surface area contributed by atoms with Crippen molar-refractivity contribution in [2.24, 2.45) is 5.10 Å². The number of hydrogen-bond acceptors (Lipinski definition) is 5. The van der Waals surface area contributed by atoms with Crippen LogP contribution in [0.4, 0.5) is 0 Å². The van der Waals surface area contributed by atoms with Crippen LogP contribution < -0.4 is 0 Å². The van der Waals surface area contributed by atoms with Gasteiger partial charge in [0.15, 0.2) is 4.77 Å². The molecule has 0 atom stereocenters. The molecule has 2 heterocycles. The Morgan fingerprint density at radius 2 is 2.08 bits per heavy atom. The minimum Gasteiger partial charge on any atom is -0.505 e. The Morgan fingerprint density at radius 3 is 2.79 bits per heavy atom. The molecule has 3 rings (SSSR count). The van der Waals surface area contributed by atoms with Gasteiger partial charge in [-0.2, -0.15) is 5.10 Å². The van der Waals surface area contributed by atoms with Crippen LogP contribution in [0.25, 0.3) is 11.3 Å². The molecule has 0 unspecified atom stereocenters. The van der Waals surface area contributed by atoms with Gasteiger partial charge in [-0.15, -0.1) is 0 Å². The summed E-state index contributed by atoms with van der Waals surface area (Å²) in [5.41, 5.74) is 3.23. The quantitative estimate of drug-likeness (QED) is 0.503. The van der Waals surface area contributed by atoms with Crippen molar-refractivity contribution in [3.63, 3.8) is 0 Å². The van der Waals surface area contributed by atoms with Gasteiger partial charge in [0.1, 0.15) is 5.75 Å². The maximum Gasteiger partial charge on any atom is 0.198 e. The van der Waals surface area contributed by atoms with Crippen LogP contribution in [0.15, 0.2) is 47.8 Å². The van der Waals surface area contributed by atoms with Crippen LogP contribution in [0.5, 0.6) is 5.75 Å².